The molecule has 0 spiro atoms. The summed E-state index contributed by atoms with van der Waals surface area (Å²) in [7, 11) is 0. The molecule has 30 heavy (non-hydrogen) atoms. The lowest BCUT2D eigenvalue weighted by Gasteiger charge is -2.37. The summed E-state index contributed by atoms with van der Waals surface area (Å²) in [4.78, 5) is 20.4. The smallest absolute Gasteiger partial charge is 0.139 e. The molecular formula is C21H18N8S. The molecule has 1 aliphatic carbocycles. The second-order valence-corrected chi connectivity index (χ2v) is 7.96. The third kappa shape index (κ3) is 3.70. The summed E-state index contributed by atoms with van der Waals surface area (Å²) in [6.07, 6.45) is 10.7. The number of pyridine rings is 2. The van der Waals surface area contributed by atoms with Gasteiger partial charge < -0.3 is 10.3 Å². The van der Waals surface area contributed by atoms with E-state index >= 15 is 0 Å². The molecule has 5 rings (SSSR count). The zero-order valence-corrected chi connectivity index (χ0v) is 16.7. The van der Waals surface area contributed by atoms with Gasteiger partial charge >= 0.3 is 0 Å². The first kappa shape index (κ1) is 18.5. The highest BCUT2D eigenvalue weighted by Crippen LogP contribution is 2.35. The molecule has 1 saturated carbocycles. The van der Waals surface area contributed by atoms with Gasteiger partial charge in [-0.1, -0.05) is 0 Å². The molecule has 4 heterocycles. The molecule has 0 unspecified atom stereocenters. The summed E-state index contributed by atoms with van der Waals surface area (Å²) in [5.41, 5.74) is 4.32. The topological polar surface area (TPSA) is 115 Å². The van der Waals surface area contributed by atoms with E-state index in [0.29, 0.717) is 17.6 Å². The van der Waals surface area contributed by atoms with Gasteiger partial charge in [-0.05, 0) is 49.1 Å². The highest BCUT2D eigenvalue weighted by molar-refractivity contribution is 7.97. The van der Waals surface area contributed by atoms with Crippen molar-refractivity contribution in [2.45, 2.75) is 30.0 Å². The number of anilines is 1. The number of fused-ring (bicyclic) bond motifs is 1. The largest absolute Gasteiger partial charge is 0.381 e. The maximum atomic E-state index is 9.01. The van der Waals surface area contributed by atoms with Crippen LogP contribution in [0.1, 0.15) is 18.4 Å². The van der Waals surface area contributed by atoms with Crippen molar-refractivity contribution in [1.82, 2.24) is 29.6 Å². The van der Waals surface area contributed by atoms with E-state index in [0.717, 1.165) is 45.8 Å². The van der Waals surface area contributed by atoms with Crippen molar-refractivity contribution in [3.63, 3.8) is 0 Å². The van der Waals surface area contributed by atoms with E-state index in [-0.39, 0.29) is 0 Å². The van der Waals surface area contributed by atoms with Gasteiger partial charge in [0, 0.05) is 47.8 Å². The Bertz CT molecular complexity index is 1210. The van der Waals surface area contributed by atoms with Crippen LogP contribution >= 0.6 is 11.9 Å². The molecule has 3 N–H and O–H groups in total. The van der Waals surface area contributed by atoms with Crippen LogP contribution in [0.5, 0.6) is 0 Å². The van der Waals surface area contributed by atoms with Gasteiger partial charge in [-0.3, -0.25) is 4.72 Å². The molecule has 0 aliphatic heterocycles. The molecule has 1 aliphatic rings. The van der Waals surface area contributed by atoms with Crippen molar-refractivity contribution >= 4 is 28.7 Å². The van der Waals surface area contributed by atoms with Crippen molar-refractivity contribution in [3.8, 4) is 17.3 Å². The quantitative estimate of drug-likeness (QED) is 0.411. The average molecular weight is 414 g/mol. The van der Waals surface area contributed by atoms with E-state index in [1.807, 2.05) is 24.5 Å². The van der Waals surface area contributed by atoms with Crippen molar-refractivity contribution in [2.24, 2.45) is 0 Å². The summed E-state index contributed by atoms with van der Waals surface area (Å²) < 4.78 is 3.45. The number of H-pyrrole nitrogens is 1. The lowest BCUT2D eigenvalue weighted by Crippen LogP contribution is -2.45. The first-order valence-corrected chi connectivity index (χ1v) is 10.4. The van der Waals surface area contributed by atoms with Crippen LogP contribution in [-0.2, 0) is 0 Å². The second-order valence-electron chi connectivity index (χ2n) is 7.11. The number of aromatic nitrogens is 5. The van der Waals surface area contributed by atoms with E-state index in [4.69, 9.17) is 5.26 Å². The van der Waals surface area contributed by atoms with Crippen LogP contribution in [-0.4, -0.2) is 37.0 Å². The minimum Gasteiger partial charge on any atom is -0.381 e. The Morgan fingerprint density at radius 2 is 2.03 bits per heavy atom. The van der Waals surface area contributed by atoms with Gasteiger partial charge in [0.1, 0.15) is 17.0 Å². The van der Waals surface area contributed by atoms with Crippen LogP contribution < -0.4 is 10.0 Å². The van der Waals surface area contributed by atoms with Gasteiger partial charge in [-0.25, -0.2) is 19.9 Å². The Hall–Kier alpha value is -3.48. The minimum atomic E-state index is 0.350. The molecule has 0 atom stereocenters. The zero-order valence-electron chi connectivity index (χ0n) is 15.9. The number of nitrogens with zero attached hydrogens (tertiary/aromatic N) is 5. The lowest BCUT2D eigenvalue weighted by molar-refractivity contribution is 0.355. The predicted molar refractivity (Wildman–Crippen MR) is 115 cm³/mol. The maximum absolute atomic E-state index is 9.01. The Kier molecular flexibility index (Phi) is 5.01. The molecule has 148 valence electrons. The van der Waals surface area contributed by atoms with E-state index in [1.165, 1.54) is 11.9 Å². The Balaban J connectivity index is 1.27. The number of nitriles is 1. The first-order valence-electron chi connectivity index (χ1n) is 9.57. The number of rotatable bonds is 6. The molecule has 4 aromatic heterocycles. The highest BCUT2D eigenvalue weighted by Gasteiger charge is 2.30. The van der Waals surface area contributed by atoms with E-state index < -0.39 is 0 Å². The van der Waals surface area contributed by atoms with Crippen molar-refractivity contribution in [1.29, 1.82) is 5.26 Å². The normalized spacial score (nSPS) is 18.0. The molecule has 0 bridgehead atoms. The lowest BCUT2D eigenvalue weighted by atomic mass is 9.87. The fourth-order valence-corrected chi connectivity index (χ4v) is 4.30. The van der Waals surface area contributed by atoms with Crippen LogP contribution in [0.2, 0.25) is 0 Å². The summed E-state index contributed by atoms with van der Waals surface area (Å²) in [5, 5.41) is 14.6. The number of nitrogens with one attached hydrogen (secondary N) is 3. The molecule has 1 fully saturated rings. The summed E-state index contributed by atoms with van der Waals surface area (Å²) >= 11 is 1.47. The van der Waals surface area contributed by atoms with E-state index in [9.17, 15) is 0 Å². The molecule has 9 heteroatoms. The van der Waals surface area contributed by atoms with E-state index in [2.05, 4.69) is 41.0 Å². The van der Waals surface area contributed by atoms with Crippen molar-refractivity contribution in [2.75, 3.05) is 5.32 Å². The molecule has 0 radical (unpaired) electrons. The fourth-order valence-electron chi connectivity index (χ4n) is 3.52. The standard InChI is InChI=1S/C21H18N8S/c22-10-13-1-5-24-19(7-13)30-29-15-8-14(9-15)28-20-16-2-6-25-21(16)26-11-17(20)18-3-4-23-12-27-18/h1-7,11-12,14-15,29H,8-9H2,(H2,25,26,28)/t14-,15+. The molecular weight excluding hydrogens is 396 g/mol. The minimum absolute atomic E-state index is 0.350. The van der Waals surface area contributed by atoms with Crippen LogP contribution in [0.15, 0.2) is 60.4 Å². The number of aromatic amines is 1. The Labute approximate surface area is 177 Å². The van der Waals surface area contributed by atoms with Gasteiger partial charge in [0.25, 0.3) is 0 Å². The monoisotopic (exact) mass is 414 g/mol. The Morgan fingerprint density at radius 3 is 2.87 bits per heavy atom. The fraction of sp³-hybridized carbons (Fsp3) is 0.190. The van der Waals surface area contributed by atoms with Gasteiger partial charge in [0.05, 0.1) is 23.0 Å². The summed E-state index contributed by atoms with van der Waals surface area (Å²) in [6, 6.07) is 10.3. The predicted octanol–water partition coefficient (Wildman–Crippen LogP) is 3.53. The molecule has 0 amide bonds. The van der Waals surface area contributed by atoms with Crippen LogP contribution in [0.4, 0.5) is 5.69 Å². The average Bonchev–Trinajstić information content (AvgIpc) is 3.25. The summed E-state index contributed by atoms with van der Waals surface area (Å²) in [6.45, 7) is 0. The van der Waals surface area contributed by atoms with E-state index in [1.54, 1.807) is 30.9 Å². The zero-order chi connectivity index (χ0) is 20.3. The van der Waals surface area contributed by atoms with Crippen molar-refractivity contribution in [3.05, 3.63) is 60.9 Å². The molecule has 8 nitrogen and oxygen atoms in total. The highest BCUT2D eigenvalue weighted by atomic mass is 32.2. The van der Waals surface area contributed by atoms with Crippen LogP contribution in [0.25, 0.3) is 22.3 Å². The van der Waals surface area contributed by atoms with Gasteiger partial charge in [-0.2, -0.15) is 5.26 Å². The van der Waals surface area contributed by atoms with Crippen molar-refractivity contribution < 1.29 is 0 Å². The third-order valence-corrected chi connectivity index (χ3v) is 6.01. The van der Waals surface area contributed by atoms with Crippen LogP contribution in [0.3, 0.4) is 0 Å². The Morgan fingerprint density at radius 1 is 1.10 bits per heavy atom. The van der Waals surface area contributed by atoms with Gasteiger partial charge in [0.2, 0.25) is 0 Å². The molecule has 4 aromatic rings. The number of hydrogen-bond donors (Lipinski definition) is 3. The number of hydrogen-bond acceptors (Lipinski definition) is 8. The second kappa shape index (κ2) is 8.10. The third-order valence-electron chi connectivity index (χ3n) is 5.13. The summed E-state index contributed by atoms with van der Waals surface area (Å²) in [5.74, 6) is 0. The van der Waals surface area contributed by atoms with Crippen LogP contribution in [0, 0.1) is 11.3 Å². The first-order chi connectivity index (χ1) is 14.8. The molecule has 0 aromatic carbocycles. The maximum Gasteiger partial charge on any atom is 0.139 e. The van der Waals surface area contributed by atoms with Gasteiger partial charge in [0.15, 0.2) is 0 Å². The van der Waals surface area contributed by atoms with Gasteiger partial charge in [-0.15, -0.1) is 0 Å². The SMILES string of the molecule is N#Cc1ccnc(SN[C@H]2C[C@@H](Nc3c(-c4ccncn4)cnc4[nH]ccc34)C2)c1. The molecule has 0 saturated heterocycles.